The van der Waals surface area contributed by atoms with Crippen LogP contribution in [0.2, 0.25) is 0 Å². The maximum atomic E-state index is 10.3. The highest BCUT2D eigenvalue weighted by Crippen LogP contribution is 2.02. The third-order valence-electron chi connectivity index (χ3n) is 0.955. The van der Waals surface area contributed by atoms with Crippen molar-refractivity contribution < 1.29 is 9.53 Å². The maximum Gasteiger partial charge on any atom is 0.304 e. The predicted molar refractivity (Wildman–Crippen MR) is 36.3 cm³/mol. The van der Waals surface area contributed by atoms with Crippen LogP contribution in [0.15, 0.2) is 5.18 Å². The van der Waals surface area contributed by atoms with Crippen molar-refractivity contribution >= 4 is 5.97 Å². The molecule has 10 heavy (non-hydrogen) atoms. The summed E-state index contributed by atoms with van der Waals surface area (Å²) in [5.74, 6) is -0.460. The minimum absolute atomic E-state index is 0.460. The fourth-order valence-corrected chi connectivity index (χ4v) is 0.572. The van der Waals surface area contributed by atoms with Crippen molar-refractivity contribution in [3.05, 3.63) is 4.91 Å². The minimum Gasteiger partial charge on any atom is -0.436 e. The molecule has 0 amide bonds. The van der Waals surface area contributed by atoms with Crippen molar-refractivity contribution in [3.63, 3.8) is 0 Å². The van der Waals surface area contributed by atoms with Crippen molar-refractivity contribution in [1.82, 2.24) is 0 Å². The summed E-state index contributed by atoms with van der Waals surface area (Å²) in [6.07, 6.45) is 0.495. The number of carbonyl (C=O) groups is 1. The van der Waals surface area contributed by atoms with Gasteiger partial charge in [0.25, 0.3) is 0 Å². The zero-order valence-corrected chi connectivity index (χ0v) is 6.16. The molecule has 58 valence electrons. The second-order valence-corrected chi connectivity index (χ2v) is 1.96. The molecule has 0 aliphatic rings. The van der Waals surface area contributed by atoms with Gasteiger partial charge in [-0.2, -0.15) is 0 Å². The number of esters is 1. The zero-order chi connectivity index (χ0) is 7.98. The van der Waals surface area contributed by atoms with Gasteiger partial charge in [0.05, 0.1) is 0 Å². The number of hydrogen-bond acceptors (Lipinski definition) is 4. The molecule has 0 saturated carbocycles. The van der Waals surface area contributed by atoms with Gasteiger partial charge in [-0.15, -0.1) is 4.91 Å². The van der Waals surface area contributed by atoms with Gasteiger partial charge in [-0.3, -0.25) is 4.79 Å². The lowest BCUT2D eigenvalue weighted by Crippen LogP contribution is -2.12. The first kappa shape index (κ1) is 9.07. The number of ether oxygens (including phenoxy) is 1. The summed E-state index contributed by atoms with van der Waals surface area (Å²) in [5, 5.41) is 2.62. The van der Waals surface area contributed by atoms with Crippen LogP contribution in [-0.4, -0.2) is 12.2 Å². The molecule has 0 aromatic heterocycles. The van der Waals surface area contributed by atoms with Gasteiger partial charge in [-0.1, -0.05) is 13.3 Å². The van der Waals surface area contributed by atoms with E-state index in [1.807, 2.05) is 6.92 Å². The molecular formula is C6H11NO3. The van der Waals surface area contributed by atoms with Gasteiger partial charge in [-0.05, 0) is 5.18 Å². The van der Waals surface area contributed by atoms with Gasteiger partial charge in [0.15, 0.2) is 0 Å². The number of rotatable bonds is 4. The molecule has 0 aliphatic heterocycles. The largest absolute Gasteiger partial charge is 0.436 e. The minimum atomic E-state index is -0.789. The summed E-state index contributed by atoms with van der Waals surface area (Å²) in [4.78, 5) is 20.2. The van der Waals surface area contributed by atoms with E-state index in [4.69, 9.17) is 0 Å². The first-order chi connectivity index (χ1) is 4.70. The Morgan fingerprint density at radius 3 is 2.60 bits per heavy atom. The fourth-order valence-electron chi connectivity index (χ4n) is 0.572. The van der Waals surface area contributed by atoms with Gasteiger partial charge in [-0.25, -0.2) is 0 Å². The summed E-state index contributed by atoms with van der Waals surface area (Å²) in [7, 11) is 0. The van der Waals surface area contributed by atoms with Crippen molar-refractivity contribution in [2.75, 3.05) is 0 Å². The van der Waals surface area contributed by atoms with Gasteiger partial charge >= 0.3 is 5.97 Å². The molecule has 0 aromatic carbocycles. The lowest BCUT2D eigenvalue weighted by atomic mass is 10.3. The molecule has 0 N–H and O–H groups in total. The van der Waals surface area contributed by atoms with Crippen LogP contribution in [0.4, 0.5) is 0 Å². The van der Waals surface area contributed by atoms with Crippen molar-refractivity contribution in [2.24, 2.45) is 5.18 Å². The van der Waals surface area contributed by atoms with Crippen LogP contribution >= 0.6 is 0 Å². The second-order valence-electron chi connectivity index (χ2n) is 1.96. The van der Waals surface area contributed by atoms with Crippen LogP contribution in [0.1, 0.15) is 26.7 Å². The predicted octanol–water partition coefficient (Wildman–Crippen LogP) is 1.44. The number of nitroso groups, excluding NO2 is 1. The molecule has 0 rings (SSSR count). The van der Waals surface area contributed by atoms with E-state index in [1.165, 1.54) is 6.92 Å². The average molecular weight is 145 g/mol. The van der Waals surface area contributed by atoms with Crippen LogP contribution in [0.25, 0.3) is 0 Å². The lowest BCUT2D eigenvalue weighted by Gasteiger charge is -2.05. The van der Waals surface area contributed by atoms with E-state index < -0.39 is 12.2 Å². The molecule has 0 heterocycles. The van der Waals surface area contributed by atoms with E-state index in [9.17, 15) is 9.70 Å². The number of hydrogen-bond donors (Lipinski definition) is 0. The Kier molecular flexibility index (Phi) is 4.45. The van der Waals surface area contributed by atoms with Gasteiger partial charge in [0, 0.05) is 13.3 Å². The quantitative estimate of drug-likeness (QED) is 0.444. The van der Waals surface area contributed by atoms with Crippen molar-refractivity contribution in [2.45, 2.75) is 32.9 Å². The molecule has 0 radical (unpaired) electrons. The fraction of sp³-hybridized carbons (Fsp3) is 0.833. The SMILES string of the molecule is CCCC(N=O)OC(C)=O. The van der Waals surface area contributed by atoms with E-state index >= 15 is 0 Å². The molecule has 0 bridgehead atoms. The number of carbonyl (C=O) groups excluding carboxylic acids is 1. The summed E-state index contributed by atoms with van der Waals surface area (Å²) >= 11 is 0. The molecule has 1 atom stereocenters. The molecule has 0 aliphatic carbocycles. The van der Waals surface area contributed by atoms with E-state index in [0.717, 1.165) is 6.42 Å². The first-order valence-corrected chi connectivity index (χ1v) is 3.20. The molecule has 0 spiro atoms. The molecule has 1 unspecified atom stereocenters. The Labute approximate surface area is 59.5 Å². The van der Waals surface area contributed by atoms with Crippen LogP contribution in [-0.2, 0) is 9.53 Å². The van der Waals surface area contributed by atoms with Gasteiger partial charge in [0.2, 0.25) is 6.23 Å². The molecular weight excluding hydrogens is 134 g/mol. The summed E-state index contributed by atoms with van der Waals surface area (Å²) in [6.45, 7) is 3.15. The highest BCUT2D eigenvalue weighted by Gasteiger charge is 2.08. The highest BCUT2D eigenvalue weighted by atomic mass is 16.6. The normalized spacial score (nSPS) is 12.2. The Morgan fingerprint density at radius 1 is 1.70 bits per heavy atom. The molecule has 0 saturated heterocycles. The highest BCUT2D eigenvalue weighted by molar-refractivity contribution is 5.66. The van der Waals surface area contributed by atoms with Crippen LogP contribution in [0, 0.1) is 4.91 Å². The topological polar surface area (TPSA) is 55.7 Å². The van der Waals surface area contributed by atoms with E-state index in [-0.39, 0.29) is 0 Å². The summed E-state index contributed by atoms with van der Waals surface area (Å²) in [6, 6.07) is 0. The first-order valence-electron chi connectivity index (χ1n) is 3.20. The van der Waals surface area contributed by atoms with Crippen molar-refractivity contribution in [1.29, 1.82) is 0 Å². The average Bonchev–Trinajstić information content (AvgIpc) is 1.86. The standard InChI is InChI=1S/C6H11NO3/c1-3-4-6(7-9)10-5(2)8/h6H,3-4H2,1-2H3. The van der Waals surface area contributed by atoms with E-state index in [1.54, 1.807) is 0 Å². The Bertz CT molecular complexity index is 124. The van der Waals surface area contributed by atoms with E-state index in [2.05, 4.69) is 9.91 Å². The molecule has 0 fully saturated rings. The Morgan fingerprint density at radius 2 is 2.30 bits per heavy atom. The smallest absolute Gasteiger partial charge is 0.304 e. The van der Waals surface area contributed by atoms with Crippen LogP contribution in [0.5, 0.6) is 0 Å². The zero-order valence-electron chi connectivity index (χ0n) is 6.16. The Hall–Kier alpha value is -0.930. The monoisotopic (exact) mass is 145 g/mol. The van der Waals surface area contributed by atoms with Gasteiger partial charge < -0.3 is 4.74 Å². The third kappa shape index (κ3) is 4.00. The third-order valence-corrected chi connectivity index (χ3v) is 0.955. The van der Waals surface area contributed by atoms with Crippen LogP contribution < -0.4 is 0 Å². The molecule has 4 heteroatoms. The maximum absolute atomic E-state index is 10.3. The summed E-state index contributed by atoms with van der Waals surface area (Å²) in [5.41, 5.74) is 0. The number of nitrogens with zero attached hydrogens (tertiary/aromatic N) is 1. The van der Waals surface area contributed by atoms with Crippen LogP contribution in [0.3, 0.4) is 0 Å². The lowest BCUT2D eigenvalue weighted by molar-refractivity contribution is -0.146. The van der Waals surface area contributed by atoms with Gasteiger partial charge in [0.1, 0.15) is 0 Å². The van der Waals surface area contributed by atoms with E-state index in [0.29, 0.717) is 6.42 Å². The Balaban J connectivity index is 3.59. The molecule has 0 aromatic rings. The molecule has 4 nitrogen and oxygen atoms in total. The van der Waals surface area contributed by atoms with Crippen molar-refractivity contribution in [3.8, 4) is 0 Å². The second kappa shape index (κ2) is 4.90. The summed E-state index contributed by atoms with van der Waals surface area (Å²) < 4.78 is 4.52.